The summed E-state index contributed by atoms with van der Waals surface area (Å²) >= 11 is 1.04. The van der Waals surface area contributed by atoms with Crippen molar-refractivity contribution >= 4 is 23.5 Å². The molecule has 0 bridgehead atoms. The Morgan fingerprint density at radius 1 is 1.07 bits per heavy atom. The molecule has 2 amide bonds. The number of benzene rings is 2. The molecule has 1 aliphatic heterocycles. The number of likely N-dealkylation sites (tertiary alicyclic amines) is 1. The minimum absolute atomic E-state index is 0.0775. The lowest BCUT2D eigenvalue weighted by molar-refractivity contribution is 0.0666. The molecular weight excluding hydrogens is 384 g/mol. The van der Waals surface area contributed by atoms with Gasteiger partial charge in [-0.15, -0.1) is 0 Å². The summed E-state index contributed by atoms with van der Waals surface area (Å²) in [6, 6.07) is 17.7. The van der Waals surface area contributed by atoms with Gasteiger partial charge in [-0.3, -0.25) is 9.59 Å². The van der Waals surface area contributed by atoms with Crippen LogP contribution in [0.15, 0.2) is 60.8 Å². The van der Waals surface area contributed by atoms with Crippen molar-refractivity contribution in [2.24, 2.45) is 5.92 Å². The van der Waals surface area contributed by atoms with E-state index in [-0.39, 0.29) is 17.7 Å². The maximum absolute atomic E-state index is 12.5. The Bertz CT molecular complexity index is 958. The molecule has 3 aromatic rings. The minimum atomic E-state index is -0.0863. The van der Waals surface area contributed by atoms with Crippen LogP contribution >= 0.6 is 11.7 Å². The van der Waals surface area contributed by atoms with E-state index in [1.54, 1.807) is 0 Å². The van der Waals surface area contributed by atoms with Crippen LogP contribution in [-0.2, 0) is 0 Å². The van der Waals surface area contributed by atoms with Crippen LogP contribution in [-0.4, -0.2) is 45.1 Å². The van der Waals surface area contributed by atoms with Gasteiger partial charge in [0.2, 0.25) is 0 Å². The number of amides is 2. The van der Waals surface area contributed by atoms with Crippen LogP contribution in [0.3, 0.4) is 0 Å². The second kappa shape index (κ2) is 8.96. The molecule has 0 saturated carbocycles. The highest BCUT2D eigenvalue weighted by Crippen LogP contribution is 2.20. The lowest BCUT2D eigenvalue weighted by Crippen LogP contribution is -2.43. The molecule has 1 aromatic heterocycles. The van der Waals surface area contributed by atoms with Crippen molar-refractivity contribution in [2.45, 2.75) is 12.8 Å². The summed E-state index contributed by atoms with van der Waals surface area (Å²) in [5, 5.41) is 3.02. The Balaban J connectivity index is 1.31. The van der Waals surface area contributed by atoms with Gasteiger partial charge in [0, 0.05) is 25.2 Å². The van der Waals surface area contributed by atoms with E-state index in [0.717, 1.165) is 42.2 Å². The maximum Gasteiger partial charge on any atom is 0.275 e. The number of piperidine rings is 1. The highest BCUT2D eigenvalue weighted by molar-refractivity contribution is 6.99. The summed E-state index contributed by atoms with van der Waals surface area (Å²) in [7, 11) is 0. The number of aromatic nitrogens is 2. The Hall–Kier alpha value is -3.06. The van der Waals surface area contributed by atoms with Crippen LogP contribution in [0.4, 0.5) is 0 Å². The molecule has 1 fully saturated rings. The molecule has 0 radical (unpaired) electrons. The molecular formula is C22H22N4O2S. The van der Waals surface area contributed by atoms with Gasteiger partial charge in [-0.2, -0.15) is 8.75 Å². The van der Waals surface area contributed by atoms with E-state index in [4.69, 9.17) is 0 Å². The monoisotopic (exact) mass is 406 g/mol. The number of rotatable bonds is 5. The van der Waals surface area contributed by atoms with Gasteiger partial charge < -0.3 is 10.2 Å². The highest BCUT2D eigenvalue weighted by Gasteiger charge is 2.26. The van der Waals surface area contributed by atoms with Crippen molar-refractivity contribution in [1.29, 1.82) is 0 Å². The van der Waals surface area contributed by atoms with Crippen molar-refractivity contribution in [3.8, 4) is 11.1 Å². The highest BCUT2D eigenvalue weighted by atomic mass is 32.1. The fraction of sp³-hybridized carbons (Fsp3) is 0.273. The normalized spacial score (nSPS) is 16.4. The number of carbonyl (C=O) groups excluding carboxylic acids is 2. The Kier molecular flexibility index (Phi) is 5.95. The third-order valence-corrected chi connectivity index (χ3v) is 5.67. The molecule has 29 heavy (non-hydrogen) atoms. The summed E-state index contributed by atoms with van der Waals surface area (Å²) in [6.07, 6.45) is 3.43. The van der Waals surface area contributed by atoms with Crippen LogP contribution in [0.2, 0.25) is 0 Å². The van der Waals surface area contributed by atoms with E-state index >= 15 is 0 Å². The average molecular weight is 407 g/mol. The molecule has 1 aliphatic rings. The summed E-state index contributed by atoms with van der Waals surface area (Å²) in [6.45, 7) is 1.91. The third kappa shape index (κ3) is 4.68. The van der Waals surface area contributed by atoms with E-state index in [2.05, 4.69) is 14.1 Å². The van der Waals surface area contributed by atoms with Gasteiger partial charge in [0.05, 0.1) is 17.9 Å². The number of hydrogen-bond donors (Lipinski definition) is 1. The standard InChI is InChI=1S/C22H22N4O2S/c27-21(19-10-8-18(9-11-19)17-6-2-1-3-7-17)23-13-16-5-4-12-26(15-16)22(28)20-14-24-29-25-20/h1-3,6-11,14,16H,4-5,12-13,15H2,(H,23,27). The zero-order valence-corrected chi connectivity index (χ0v) is 16.8. The van der Waals surface area contributed by atoms with Crippen LogP contribution in [0.25, 0.3) is 11.1 Å². The molecule has 2 heterocycles. The smallest absolute Gasteiger partial charge is 0.275 e. The van der Waals surface area contributed by atoms with Crippen LogP contribution in [0.5, 0.6) is 0 Å². The van der Waals surface area contributed by atoms with Crippen molar-refractivity contribution in [2.75, 3.05) is 19.6 Å². The summed E-state index contributed by atoms with van der Waals surface area (Å²) in [5.41, 5.74) is 3.25. The van der Waals surface area contributed by atoms with Crippen LogP contribution in [0, 0.1) is 5.92 Å². The molecule has 1 atom stereocenters. The van der Waals surface area contributed by atoms with Gasteiger partial charge in [0.1, 0.15) is 0 Å². The lowest BCUT2D eigenvalue weighted by Gasteiger charge is -2.32. The van der Waals surface area contributed by atoms with Crippen LogP contribution in [0.1, 0.15) is 33.7 Å². The van der Waals surface area contributed by atoms with Gasteiger partial charge in [-0.05, 0) is 42.0 Å². The first-order chi connectivity index (χ1) is 14.2. The SMILES string of the molecule is O=C(NCC1CCCN(C(=O)c2cnsn2)C1)c1ccc(-c2ccccc2)cc1. The Morgan fingerprint density at radius 3 is 2.55 bits per heavy atom. The third-order valence-electron chi connectivity index (χ3n) is 5.19. The molecule has 148 valence electrons. The molecule has 0 aliphatic carbocycles. The zero-order valence-electron chi connectivity index (χ0n) is 16.0. The first kappa shape index (κ1) is 19.3. The van der Waals surface area contributed by atoms with Gasteiger partial charge in [0.25, 0.3) is 11.8 Å². The minimum Gasteiger partial charge on any atom is -0.352 e. The van der Waals surface area contributed by atoms with E-state index in [1.807, 2.05) is 59.5 Å². The van der Waals surface area contributed by atoms with Crippen molar-refractivity contribution in [3.05, 3.63) is 72.1 Å². The number of carbonyl (C=O) groups is 2. The van der Waals surface area contributed by atoms with Gasteiger partial charge in [-0.1, -0.05) is 42.5 Å². The molecule has 4 rings (SSSR count). The largest absolute Gasteiger partial charge is 0.352 e. The molecule has 1 unspecified atom stereocenters. The molecule has 1 saturated heterocycles. The Labute approximate surface area is 173 Å². The fourth-order valence-corrected chi connectivity index (χ4v) is 4.03. The predicted molar refractivity (Wildman–Crippen MR) is 113 cm³/mol. The molecule has 6 nitrogen and oxygen atoms in total. The van der Waals surface area contributed by atoms with Crippen molar-refractivity contribution in [3.63, 3.8) is 0 Å². The summed E-state index contributed by atoms with van der Waals surface area (Å²) in [5.74, 6) is 0.0786. The average Bonchev–Trinajstić information content (AvgIpc) is 3.33. The number of nitrogens with one attached hydrogen (secondary N) is 1. The zero-order chi connectivity index (χ0) is 20.1. The van der Waals surface area contributed by atoms with Gasteiger partial charge in [0.15, 0.2) is 5.69 Å². The second-order valence-corrected chi connectivity index (χ2v) is 7.76. The van der Waals surface area contributed by atoms with Gasteiger partial charge in [-0.25, -0.2) is 0 Å². The molecule has 1 N–H and O–H groups in total. The summed E-state index contributed by atoms with van der Waals surface area (Å²) in [4.78, 5) is 26.8. The fourth-order valence-electron chi connectivity index (χ4n) is 3.62. The number of nitrogens with zero attached hydrogens (tertiary/aromatic N) is 3. The van der Waals surface area contributed by atoms with E-state index in [9.17, 15) is 9.59 Å². The quantitative estimate of drug-likeness (QED) is 0.704. The second-order valence-electron chi connectivity index (χ2n) is 7.21. The van der Waals surface area contributed by atoms with E-state index in [1.165, 1.54) is 6.20 Å². The van der Waals surface area contributed by atoms with E-state index < -0.39 is 0 Å². The first-order valence-electron chi connectivity index (χ1n) is 9.71. The molecule has 0 spiro atoms. The van der Waals surface area contributed by atoms with Crippen LogP contribution < -0.4 is 5.32 Å². The van der Waals surface area contributed by atoms with Crippen molar-refractivity contribution < 1.29 is 9.59 Å². The molecule has 7 heteroatoms. The first-order valence-corrected chi connectivity index (χ1v) is 10.4. The topological polar surface area (TPSA) is 75.2 Å². The van der Waals surface area contributed by atoms with Gasteiger partial charge >= 0.3 is 0 Å². The summed E-state index contributed by atoms with van der Waals surface area (Å²) < 4.78 is 7.93. The van der Waals surface area contributed by atoms with E-state index in [0.29, 0.717) is 24.3 Å². The maximum atomic E-state index is 12.5. The number of hydrogen-bond acceptors (Lipinski definition) is 5. The van der Waals surface area contributed by atoms with Crippen molar-refractivity contribution in [1.82, 2.24) is 19.0 Å². The predicted octanol–water partition coefficient (Wildman–Crippen LogP) is 3.49. The lowest BCUT2D eigenvalue weighted by atomic mass is 9.97. The Morgan fingerprint density at radius 2 is 1.83 bits per heavy atom. The molecule has 2 aromatic carbocycles.